The van der Waals surface area contributed by atoms with Crippen LogP contribution >= 0.6 is 0 Å². The Balaban J connectivity index is 4.67. The van der Waals surface area contributed by atoms with Gasteiger partial charge in [-0.1, -0.05) is 34.1 Å². The van der Waals surface area contributed by atoms with Crippen LogP contribution in [-0.2, 0) is 9.22 Å². The maximum Gasteiger partial charge on any atom is 0.192 e. The van der Waals surface area contributed by atoms with Crippen molar-refractivity contribution in [3.63, 3.8) is 0 Å². The first-order valence-electron chi connectivity index (χ1n) is 7.61. The first-order valence-corrected chi connectivity index (χ1v) is 10.5. The molecular weight excluding hydrogens is 264 g/mol. The topological polar surface area (TPSA) is 26.3 Å². The van der Waals surface area contributed by atoms with Crippen LogP contribution in [0.15, 0.2) is 16.9 Å². The van der Waals surface area contributed by atoms with Crippen molar-refractivity contribution in [1.29, 1.82) is 0 Å². The van der Waals surface area contributed by atoms with Gasteiger partial charge in [0.1, 0.15) is 0 Å². The van der Waals surface area contributed by atoms with Crippen LogP contribution in [0.25, 0.3) is 0 Å². The van der Waals surface area contributed by atoms with Crippen LogP contribution in [-0.4, -0.2) is 20.7 Å². The van der Waals surface area contributed by atoms with Crippen LogP contribution in [0.3, 0.4) is 0 Å². The zero-order valence-electron chi connectivity index (χ0n) is 14.6. The highest BCUT2D eigenvalue weighted by atomic mass is 28.4. The van der Waals surface area contributed by atoms with Crippen molar-refractivity contribution in [3.8, 4) is 0 Å². The molecule has 2 nitrogen and oxygen atoms in total. The Kier molecular flexibility index (Phi) is 7.72. The van der Waals surface area contributed by atoms with Gasteiger partial charge in [-0.25, -0.2) is 0 Å². The van der Waals surface area contributed by atoms with Gasteiger partial charge in [-0.3, -0.25) is 4.79 Å². The number of carbonyl (C=O) groups excluding carboxylic acids is 1. The fraction of sp³-hybridized carbons (Fsp3) is 0.765. The highest BCUT2D eigenvalue weighted by molar-refractivity contribution is 6.74. The maximum atomic E-state index is 12.1. The third-order valence-corrected chi connectivity index (χ3v) is 8.57. The van der Waals surface area contributed by atoms with Crippen LogP contribution in [0.5, 0.6) is 0 Å². The lowest BCUT2D eigenvalue weighted by Gasteiger charge is -2.35. The monoisotopic (exact) mass is 296 g/mol. The average molecular weight is 297 g/mol. The Morgan fingerprint density at radius 3 is 2.20 bits per heavy atom. The molecule has 0 N–H and O–H groups in total. The van der Waals surface area contributed by atoms with Gasteiger partial charge in [-0.2, -0.15) is 0 Å². The van der Waals surface area contributed by atoms with Gasteiger partial charge in [0.25, 0.3) is 0 Å². The SMILES string of the molecule is CCCCC(C)=C=C(C)C(=O)CO[Si](C)(C)C(C)(C)C. The van der Waals surface area contributed by atoms with Gasteiger partial charge in [0.05, 0.1) is 6.61 Å². The lowest BCUT2D eigenvalue weighted by atomic mass is 10.1. The van der Waals surface area contributed by atoms with Crippen LogP contribution in [0.1, 0.15) is 60.8 Å². The second-order valence-corrected chi connectivity index (χ2v) is 11.9. The summed E-state index contributed by atoms with van der Waals surface area (Å²) in [5, 5.41) is 0.137. The lowest BCUT2D eigenvalue weighted by molar-refractivity contribution is -0.117. The van der Waals surface area contributed by atoms with E-state index in [-0.39, 0.29) is 17.4 Å². The Morgan fingerprint density at radius 1 is 1.20 bits per heavy atom. The van der Waals surface area contributed by atoms with Crippen molar-refractivity contribution < 1.29 is 9.22 Å². The van der Waals surface area contributed by atoms with Crippen molar-refractivity contribution in [2.24, 2.45) is 0 Å². The van der Waals surface area contributed by atoms with Gasteiger partial charge < -0.3 is 4.43 Å². The standard InChI is InChI=1S/C17H32O2Si/c1-9-10-11-14(2)12-15(3)16(18)13-19-20(7,8)17(4,5)6/h9-11,13H2,1-8H3. The Bertz CT molecular complexity index is 394. The van der Waals surface area contributed by atoms with E-state index >= 15 is 0 Å². The first-order chi connectivity index (χ1) is 9.01. The molecule has 0 saturated heterocycles. The van der Waals surface area contributed by atoms with E-state index in [9.17, 15) is 4.79 Å². The second kappa shape index (κ2) is 7.97. The number of ketones is 1. The summed E-state index contributed by atoms with van der Waals surface area (Å²) >= 11 is 0. The molecule has 0 rings (SSSR count). The zero-order chi connectivity index (χ0) is 16.0. The molecule has 0 aromatic carbocycles. The molecular formula is C17H32O2Si. The Morgan fingerprint density at radius 2 is 1.75 bits per heavy atom. The molecule has 0 aliphatic rings. The summed E-state index contributed by atoms with van der Waals surface area (Å²) in [6.45, 7) is 17.1. The summed E-state index contributed by atoms with van der Waals surface area (Å²) in [6, 6.07) is 0. The highest BCUT2D eigenvalue weighted by Crippen LogP contribution is 2.36. The fourth-order valence-corrected chi connectivity index (χ4v) is 2.39. The minimum absolute atomic E-state index is 0.0608. The molecule has 0 bridgehead atoms. The third-order valence-electron chi connectivity index (χ3n) is 4.09. The summed E-state index contributed by atoms with van der Waals surface area (Å²) in [7, 11) is -1.84. The summed E-state index contributed by atoms with van der Waals surface area (Å²) < 4.78 is 5.96. The maximum absolute atomic E-state index is 12.1. The number of rotatable bonds is 7. The summed E-state index contributed by atoms with van der Waals surface area (Å²) in [4.78, 5) is 12.1. The molecule has 20 heavy (non-hydrogen) atoms. The fourth-order valence-electron chi connectivity index (χ4n) is 1.46. The molecule has 3 heteroatoms. The normalized spacial score (nSPS) is 12.0. The van der Waals surface area contributed by atoms with Crippen LogP contribution in [0.4, 0.5) is 0 Å². The molecule has 0 aromatic heterocycles. The van der Waals surface area contributed by atoms with Crippen molar-refractivity contribution in [2.45, 2.75) is 78.9 Å². The molecule has 116 valence electrons. The molecule has 0 spiro atoms. The highest BCUT2D eigenvalue weighted by Gasteiger charge is 2.37. The smallest absolute Gasteiger partial charge is 0.192 e. The number of Topliss-reactive ketones (excluding diaryl/α,β-unsaturated/α-hetero) is 1. The molecule has 0 aromatic rings. The Labute approximate surface area is 126 Å². The molecule has 0 amide bonds. The molecule has 0 fully saturated rings. The average Bonchev–Trinajstić information content (AvgIpc) is 2.31. The van der Waals surface area contributed by atoms with E-state index in [1.54, 1.807) is 0 Å². The molecule has 0 atom stereocenters. The molecule has 0 aliphatic carbocycles. The quantitative estimate of drug-likeness (QED) is 0.364. The van der Waals surface area contributed by atoms with Crippen LogP contribution in [0.2, 0.25) is 18.1 Å². The van der Waals surface area contributed by atoms with Gasteiger partial charge >= 0.3 is 0 Å². The van der Waals surface area contributed by atoms with E-state index in [4.69, 9.17) is 4.43 Å². The van der Waals surface area contributed by atoms with Gasteiger partial charge in [0.15, 0.2) is 14.1 Å². The minimum atomic E-state index is -1.84. The van der Waals surface area contributed by atoms with Gasteiger partial charge in [-0.15, -0.1) is 5.73 Å². The first kappa shape index (κ1) is 19.4. The summed E-state index contributed by atoms with van der Waals surface area (Å²) in [5.41, 5.74) is 5.06. The number of hydrogen-bond acceptors (Lipinski definition) is 2. The summed E-state index contributed by atoms with van der Waals surface area (Å²) in [5.74, 6) is 0.0608. The van der Waals surface area contributed by atoms with Crippen molar-refractivity contribution in [3.05, 3.63) is 16.9 Å². The van der Waals surface area contributed by atoms with Gasteiger partial charge in [0.2, 0.25) is 0 Å². The predicted molar refractivity (Wildman–Crippen MR) is 89.6 cm³/mol. The van der Waals surface area contributed by atoms with E-state index in [1.165, 1.54) is 6.42 Å². The third kappa shape index (κ3) is 6.69. The zero-order valence-corrected chi connectivity index (χ0v) is 15.6. The van der Waals surface area contributed by atoms with Crippen LogP contribution in [0, 0.1) is 0 Å². The molecule has 0 heterocycles. The van der Waals surface area contributed by atoms with E-state index in [0.29, 0.717) is 5.57 Å². The van der Waals surface area contributed by atoms with Crippen LogP contribution < -0.4 is 0 Å². The van der Waals surface area contributed by atoms with E-state index in [1.807, 2.05) is 13.8 Å². The largest absolute Gasteiger partial charge is 0.409 e. The molecule has 0 radical (unpaired) electrons. The van der Waals surface area contributed by atoms with Gasteiger partial charge in [-0.05, 0) is 50.4 Å². The number of unbranched alkanes of at least 4 members (excludes halogenated alkanes) is 1. The van der Waals surface area contributed by atoms with Crippen molar-refractivity contribution in [1.82, 2.24) is 0 Å². The van der Waals surface area contributed by atoms with Crippen molar-refractivity contribution >= 4 is 14.1 Å². The number of carbonyl (C=O) groups is 1. The molecule has 0 saturated carbocycles. The second-order valence-electron chi connectivity index (χ2n) is 7.11. The van der Waals surface area contributed by atoms with E-state index in [2.05, 4.69) is 46.5 Å². The van der Waals surface area contributed by atoms with Gasteiger partial charge in [0, 0.05) is 5.57 Å². The predicted octanol–water partition coefficient (Wildman–Crippen LogP) is 5.26. The minimum Gasteiger partial charge on any atom is -0.409 e. The molecule has 0 unspecified atom stereocenters. The van der Waals surface area contributed by atoms with Crippen molar-refractivity contribution in [2.75, 3.05) is 6.61 Å². The summed E-state index contributed by atoms with van der Waals surface area (Å²) in [6.07, 6.45) is 3.34. The van der Waals surface area contributed by atoms with E-state index in [0.717, 1.165) is 18.4 Å². The lowest BCUT2D eigenvalue weighted by Crippen LogP contribution is -2.42. The molecule has 0 aliphatic heterocycles. The number of hydrogen-bond donors (Lipinski definition) is 0. The van der Waals surface area contributed by atoms with E-state index < -0.39 is 8.32 Å². The Hall–Kier alpha value is -0.633.